The standard InChI is InChI=1S/C17H33N3O2/c1-17(2,3)22-16(21)20-10-7-14(8-11-20)13-18-9-12-19(4)15-5-6-15/h14-15,18H,5-13H2,1-4H3. The van der Waals surface area contributed by atoms with Crippen molar-refractivity contribution in [2.24, 2.45) is 5.92 Å². The largest absolute Gasteiger partial charge is 0.444 e. The van der Waals surface area contributed by atoms with Crippen molar-refractivity contribution < 1.29 is 9.53 Å². The smallest absolute Gasteiger partial charge is 0.410 e. The molecule has 22 heavy (non-hydrogen) atoms. The van der Waals surface area contributed by atoms with E-state index in [1.807, 2.05) is 25.7 Å². The third-order valence-corrected chi connectivity index (χ3v) is 4.51. The topological polar surface area (TPSA) is 44.8 Å². The van der Waals surface area contributed by atoms with E-state index >= 15 is 0 Å². The van der Waals surface area contributed by atoms with Crippen molar-refractivity contribution >= 4 is 6.09 Å². The maximum Gasteiger partial charge on any atom is 0.410 e. The summed E-state index contributed by atoms with van der Waals surface area (Å²) in [5.41, 5.74) is -0.400. The maximum atomic E-state index is 12.0. The van der Waals surface area contributed by atoms with Crippen molar-refractivity contribution in [2.45, 2.75) is 58.1 Å². The van der Waals surface area contributed by atoms with Gasteiger partial charge in [-0.05, 0) is 66.0 Å². The summed E-state index contributed by atoms with van der Waals surface area (Å²) >= 11 is 0. The summed E-state index contributed by atoms with van der Waals surface area (Å²) in [5, 5.41) is 3.57. The second-order valence-corrected chi connectivity index (χ2v) is 7.83. The van der Waals surface area contributed by atoms with Crippen molar-refractivity contribution in [3.8, 4) is 0 Å². The molecule has 2 aliphatic rings. The molecule has 5 nitrogen and oxygen atoms in total. The molecule has 0 radical (unpaired) electrons. The lowest BCUT2D eigenvalue weighted by Gasteiger charge is -2.33. The monoisotopic (exact) mass is 311 g/mol. The molecule has 1 aliphatic heterocycles. The van der Waals surface area contributed by atoms with E-state index in [0.717, 1.165) is 51.6 Å². The van der Waals surface area contributed by atoms with Gasteiger partial charge in [0, 0.05) is 32.2 Å². The average Bonchev–Trinajstić information content (AvgIpc) is 3.26. The fourth-order valence-corrected chi connectivity index (χ4v) is 2.91. The molecular formula is C17H33N3O2. The Morgan fingerprint density at radius 2 is 1.86 bits per heavy atom. The van der Waals surface area contributed by atoms with Gasteiger partial charge in [-0.1, -0.05) is 0 Å². The molecule has 0 bridgehead atoms. The summed E-state index contributed by atoms with van der Waals surface area (Å²) < 4.78 is 5.43. The van der Waals surface area contributed by atoms with Crippen LogP contribution >= 0.6 is 0 Å². The molecule has 1 saturated heterocycles. The zero-order valence-corrected chi connectivity index (χ0v) is 14.7. The first-order valence-corrected chi connectivity index (χ1v) is 8.74. The number of carbonyl (C=O) groups is 1. The van der Waals surface area contributed by atoms with Gasteiger partial charge in [0.2, 0.25) is 0 Å². The lowest BCUT2D eigenvalue weighted by atomic mass is 9.97. The first-order valence-electron chi connectivity index (χ1n) is 8.74. The zero-order chi connectivity index (χ0) is 16.2. The average molecular weight is 311 g/mol. The minimum absolute atomic E-state index is 0.162. The van der Waals surface area contributed by atoms with Crippen molar-refractivity contribution in [3.63, 3.8) is 0 Å². The fourth-order valence-electron chi connectivity index (χ4n) is 2.91. The lowest BCUT2D eigenvalue weighted by molar-refractivity contribution is 0.0184. The summed E-state index contributed by atoms with van der Waals surface area (Å²) in [6, 6.07) is 0.846. The van der Waals surface area contributed by atoms with Crippen LogP contribution < -0.4 is 5.32 Å². The number of piperidine rings is 1. The number of nitrogens with zero attached hydrogens (tertiary/aromatic N) is 2. The minimum Gasteiger partial charge on any atom is -0.444 e. The Labute approximate surface area is 135 Å². The molecule has 1 aliphatic carbocycles. The number of nitrogens with one attached hydrogen (secondary N) is 1. The van der Waals surface area contributed by atoms with Crippen LogP contribution in [0.3, 0.4) is 0 Å². The van der Waals surface area contributed by atoms with Crippen LogP contribution in [0.1, 0.15) is 46.5 Å². The molecule has 1 amide bonds. The van der Waals surface area contributed by atoms with Gasteiger partial charge in [-0.2, -0.15) is 0 Å². The number of rotatable bonds is 6. The summed E-state index contributed by atoms with van der Waals surface area (Å²) in [4.78, 5) is 16.3. The van der Waals surface area contributed by atoms with Crippen LogP contribution in [0, 0.1) is 5.92 Å². The van der Waals surface area contributed by atoms with Gasteiger partial charge in [0.1, 0.15) is 5.60 Å². The highest BCUT2D eigenvalue weighted by Crippen LogP contribution is 2.24. The van der Waals surface area contributed by atoms with Crippen LogP contribution in [0.5, 0.6) is 0 Å². The molecule has 128 valence electrons. The van der Waals surface area contributed by atoms with E-state index in [9.17, 15) is 4.79 Å². The number of amides is 1. The van der Waals surface area contributed by atoms with Gasteiger partial charge in [-0.3, -0.25) is 0 Å². The molecule has 1 saturated carbocycles. The quantitative estimate of drug-likeness (QED) is 0.765. The van der Waals surface area contributed by atoms with Crippen LogP contribution in [0.15, 0.2) is 0 Å². The third kappa shape index (κ3) is 6.13. The predicted octanol–water partition coefficient (Wildman–Crippen LogP) is 2.32. The van der Waals surface area contributed by atoms with Crippen LogP contribution in [-0.4, -0.2) is 67.3 Å². The maximum absolute atomic E-state index is 12.0. The number of likely N-dealkylation sites (tertiary alicyclic amines) is 1. The van der Waals surface area contributed by atoms with Crippen LogP contribution in [0.4, 0.5) is 4.79 Å². The zero-order valence-electron chi connectivity index (χ0n) is 14.7. The van der Waals surface area contributed by atoms with E-state index in [4.69, 9.17) is 4.74 Å². The van der Waals surface area contributed by atoms with E-state index < -0.39 is 5.60 Å². The lowest BCUT2D eigenvalue weighted by Crippen LogP contribution is -2.43. The number of likely N-dealkylation sites (N-methyl/N-ethyl adjacent to an activating group) is 1. The van der Waals surface area contributed by atoms with E-state index in [-0.39, 0.29) is 6.09 Å². The molecule has 2 rings (SSSR count). The third-order valence-electron chi connectivity index (χ3n) is 4.51. The molecule has 0 aromatic carbocycles. The van der Waals surface area contributed by atoms with Gasteiger partial charge in [-0.15, -0.1) is 0 Å². The van der Waals surface area contributed by atoms with Crippen LogP contribution in [0.2, 0.25) is 0 Å². The highest BCUT2D eigenvalue weighted by molar-refractivity contribution is 5.68. The minimum atomic E-state index is -0.400. The SMILES string of the molecule is CN(CCNCC1CCN(C(=O)OC(C)(C)C)CC1)C1CC1. The number of carbonyl (C=O) groups excluding carboxylic acids is 1. The number of hydrogen-bond donors (Lipinski definition) is 1. The van der Waals surface area contributed by atoms with Crippen LogP contribution in [-0.2, 0) is 4.74 Å². The molecule has 1 heterocycles. The Morgan fingerprint density at radius 3 is 2.41 bits per heavy atom. The van der Waals surface area contributed by atoms with Gasteiger partial charge in [0.05, 0.1) is 0 Å². The molecule has 1 N–H and O–H groups in total. The summed E-state index contributed by atoms with van der Waals surface area (Å²) in [7, 11) is 2.22. The van der Waals surface area contributed by atoms with E-state index in [0.29, 0.717) is 5.92 Å². The normalized spacial score (nSPS) is 20.5. The first kappa shape index (κ1) is 17.5. The van der Waals surface area contributed by atoms with E-state index in [1.54, 1.807) is 0 Å². The molecule has 5 heteroatoms. The predicted molar refractivity (Wildman–Crippen MR) is 89.1 cm³/mol. The highest BCUT2D eigenvalue weighted by Gasteiger charge is 2.27. The molecule has 0 aromatic heterocycles. The van der Waals surface area contributed by atoms with Crippen molar-refractivity contribution in [3.05, 3.63) is 0 Å². The van der Waals surface area contributed by atoms with Gasteiger partial charge in [0.25, 0.3) is 0 Å². The molecule has 2 fully saturated rings. The van der Waals surface area contributed by atoms with Crippen molar-refractivity contribution in [2.75, 3.05) is 39.8 Å². The van der Waals surface area contributed by atoms with E-state index in [1.165, 1.54) is 12.8 Å². The fraction of sp³-hybridized carbons (Fsp3) is 0.941. The Morgan fingerprint density at radius 1 is 1.23 bits per heavy atom. The molecule has 0 atom stereocenters. The van der Waals surface area contributed by atoms with Crippen LogP contribution in [0.25, 0.3) is 0 Å². The Kier molecular flexibility index (Phi) is 6.09. The molecule has 0 spiro atoms. The van der Waals surface area contributed by atoms with Gasteiger partial charge >= 0.3 is 6.09 Å². The molecule has 0 unspecified atom stereocenters. The van der Waals surface area contributed by atoms with Crippen molar-refractivity contribution in [1.82, 2.24) is 15.1 Å². The second-order valence-electron chi connectivity index (χ2n) is 7.83. The first-order chi connectivity index (χ1) is 10.3. The summed E-state index contributed by atoms with van der Waals surface area (Å²) in [6.07, 6.45) is 4.74. The second kappa shape index (κ2) is 7.64. The van der Waals surface area contributed by atoms with Gasteiger partial charge < -0.3 is 19.9 Å². The van der Waals surface area contributed by atoms with Crippen molar-refractivity contribution in [1.29, 1.82) is 0 Å². The van der Waals surface area contributed by atoms with E-state index in [2.05, 4.69) is 17.3 Å². The number of ether oxygens (including phenoxy) is 1. The summed E-state index contributed by atoms with van der Waals surface area (Å²) in [5.74, 6) is 0.685. The van der Waals surface area contributed by atoms with Gasteiger partial charge in [0.15, 0.2) is 0 Å². The Balaban J connectivity index is 1.55. The number of hydrogen-bond acceptors (Lipinski definition) is 4. The molecule has 0 aromatic rings. The summed E-state index contributed by atoms with van der Waals surface area (Å²) in [6.45, 7) is 10.7. The Hall–Kier alpha value is -0.810. The van der Waals surface area contributed by atoms with Gasteiger partial charge in [-0.25, -0.2) is 4.79 Å². The Bertz CT molecular complexity index is 355. The highest BCUT2D eigenvalue weighted by atomic mass is 16.6. The molecular weight excluding hydrogens is 278 g/mol.